The fraction of sp³-hybridized carbons (Fsp3) is 0.111. The lowest BCUT2D eigenvalue weighted by atomic mass is 9.80. The molecule has 1 heterocycles. The molecule has 0 unspecified atom stereocenters. The van der Waals surface area contributed by atoms with Gasteiger partial charge in [0.15, 0.2) is 0 Å². The summed E-state index contributed by atoms with van der Waals surface area (Å²) in [5.41, 5.74) is 4.48. The molecule has 0 spiro atoms. The third-order valence-electron chi connectivity index (χ3n) is 2.08. The zero-order valence-corrected chi connectivity index (χ0v) is 7.59. The minimum Gasteiger partial charge on any atom is -0.423 e. The van der Waals surface area contributed by atoms with Gasteiger partial charge in [0.2, 0.25) is 0 Å². The van der Waals surface area contributed by atoms with Crippen LogP contribution in [-0.4, -0.2) is 23.7 Å². The highest BCUT2D eigenvalue weighted by Gasteiger charge is 2.13. The minimum atomic E-state index is -1.42. The first-order chi connectivity index (χ1) is 6.77. The van der Waals surface area contributed by atoms with Gasteiger partial charge in [-0.05, 0) is 17.6 Å². The molecule has 0 aliphatic carbocycles. The van der Waals surface area contributed by atoms with Crippen molar-refractivity contribution in [3.63, 3.8) is 0 Å². The lowest BCUT2D eigenvalue weighted by molar-refractivity contribution is 0.426. The molecule has 0 radical (unpaired) electrons. The molecule has 0 atom stereocenters. The Hall–Kier alpha value is -1.30. The van der Waals surface area contributed by atoms with Crippen molar-refractivity contribution < 1.29 is 10.0 Å². The molecule has 0 amide bonds. The summed E-state index contributed by atoms with van der Waals surface area (Å²) in [5.74, 6) is 0. The van der Waals surface area contributed by atoms with Crippen LogP contribution in [0.5, 0.6) is 0 Å². The van der Waals surface area contributed by atoms with E-state index in [1.54, 1.807) is 18.2 Å². The van der Waals surface area contributed by atoms with Gasteiger partial charge in [-0.1, -0.05) is 18.2 Å². The Balaban J connectivity index is 2.25. The molecule has 0 saturated heterocycles. The van der Waals surface area contributed by atoms with Crippen LogP contribution in [-0.2, 0) is 0 Å². The summed E-state index contributed by atoms with van der Waals surface area (Å²) in [4.78, 5) is 0. The highest BCUT2D eigenvalue weighted by atomic mass is 16.4. The zero-order chi connectivity index (χ0) is 9.97. The number of benzene rings is 1. The first-order valence-corrected chi connectivity index (χ1v) is 4.43. The summed E-state index contributed by atoms with van der Waals surface area (Å²) in [6, 6.07) is 7.09. The summed E-state index contributed by atoms with van der Waals surface area (Å²) < 4.78 is 0. The molecular weight excluding hydrogens is 179 g/mol. The van der Waals surface area contributed by atoms with E-state index in [1.807, 2.05) is 23.4 Å². The van der Waals surface area contributed by atoms with Crippen LogP contribution in [0.4, 0.5) is 5.69 Å². The Morgan fingerprint density at radius 2 is 2.21 bits per heavy atom. The van der Waals surface area contributed by atoms with E-state index in [2.05, 4.69) is 5.43 Å². The maximum atomic E-state index is 8.99. The summed E-state index contributed by atoms with van der Waals surface area (Å²) >= 11 is 0. The van der Waals surface area contributed by atoms with Crippen molar-refractivity contribution in [3.05, 3.63) is 36.5 Å². The highest BCUT2D eigenvalue weighted by Crippen LogP contribution is 2.12. The van der Waals surface area contributed by atoms with Crippen LogP contribution in [0.15, 0.2) is 36.5 Å². The van der Waals surface area contributed by atoms with Gasteiger partial charge in [-0.3, -0.25) is 5.01 Å². The van der Waals surface area contributed by atoms with Gasteiger partial charge in [-0.25, -0.2) is 5.43 Å². The Morgan fingerprint density at radius 1 is 1.36 bits per heavy atom. The van der Waals surface area contributed by atoms with E-state index < -0.39 is 7.12 Å². The molecule has 2 rings (SSSR count). The largest absolute Gasteiger partial charge is 0.488 e. The second kappa shape index (κ2) is 3.83. The number of hydrazine groups is 1. The van der Waals surface area contributed by atoms with Crippen molar-refractivity contribution in [3.8, 4) is 0 Å². The molecule has 4 nitrogen and oxygen atoms in total. The number of rotatable bonds is 2. The molecular formula is C9H11BN2O2. The predicted octanol–water partition coefficient (Wildman–Crippen LogP) is -0.795. The molecule has 1 aliphatic heterocycles. The quantitative estimate of drug-likeness (QED) is 0.534. The first kappa shape index (κ1) is 9.27. The lowest BCUT2D eigenvalue weighted by Crippen LogP contribution is -2.33. The average Bonchev–Trinajstić information content (AvgIpc) is 2.71. The average molecular weight is 190 g/mol. The normalized spacial score (nSPS) is 14.9. The number of nitrogens with one attached hydrogen (secondary N) is 1. The van der Waals surface area contributed by atoms with Crippen molar-refractivity contribution in [1.29, 1.82) is 0 Å². The summed E-state index contributed by atoms with van der Waals surface area (Å²) in [6.45, 7) is 0.798. The SMILES string of the molecule is OB(O)c1cccc(N2C=CCN2)c1. The van der Waals surface area contributed by atoms with E-state index in [4.69, 9.17) is 10.0 Å². The Morgan fingerprint density at radius 3 is 2.86 bits per heavy atom. The molecule has 1 aromatic carbocycles. The fourth-order valence-corrected chi connectivity index (χ4v) is 1.37. The monoisotopic (exact) mass is 190 g/mol. The number of hydrogen-bond acceptors (Lipinski definition) is 4. The third-order valence-corrected chi connectivity index (χ3v) is 2.08. The van der Waals surface area contributed by atoms with Crippen LogP contribution in [0.1, 0.15) is 0 Å². The molecule has 1 aromatic rings. The molecule has 0 aromatic heterocycles. The van der Waals surface area contributed by atoms with E-state index in [0.717, 1.165) is 12.2 Å². The summed E-state index contributed by atoms with van der Waals surface area (Å²) in [5, 5.41) is 19.8. The Kier molecular flexibility index (Phi) is 2.54. The molecule has 1 aliphatic rings. The Bertz CT molecular complexity index is 354. The van der Waals surface area contributed by atoms with Gasteiger partial charge in [0, 0.05) is 12.7 Å². The van der Waals surface area contributed by atoms with E-state index in [0.29, 0.717) is 5.46 Å². The fourth-order valence-electron chi connectivity index (χ4n) is 1.37. The third kappa shape index (κ3) is 1.79. The van der Waals surface area contributed by atoms with Crippen molar-refractivity contribution in [2.45, 2.75) is 0 Å². The van der Waals surface area contributed by atoms with E-state index in [9.17, 15) is 0 Å². The number of nitrogens with zero attached hydrogens (tertiary/aromatic N) is 1. The zero-order valence-electron chi connectivity index (χ0n) is 7.59. The van der Waals surface area contributed by atoms with Gasteiger partial charge in [0.05, 0.1) is 5.69 Å². The summed E-state index contributed by atoms with van der Waals surface area (Å²) in [7, 11) is -1.42. The molecule has 0 fully saturated rings. The topological polar surface area (TPSA) is 55.7 Å². The van der Waals surface area contributed by atoms with E-state index in [-0.39, 0.29) is 0 Å². The molecule has 0 saturated carbocycles. The lowest BCUT2D eigenvalue weighted by Gasteiger charge is -2.16. The van der Waals surface area contributed by atoms with Crippen LogP contribution in [0, 0.1) is 0 Å². The van der Waals surface area contributed by atoms with E-state index in [1.165, 1.54) is 0 Å². The van der Waals surface area contributed by atoms with Crippen LogP contribution in [0.2, 0.25) is 0 Å². The van der Waals surface area contributed by atoms with E-state index >= 15 is 0 Å². The van der Waals surface area contributed by atoms with Crippen molar-refractivity contribution >= 4 is 18.3 Å². The molecule has 5 heteroatoms. The van der Waals surface area contributed by atoms with Gasteiger partial charge in [0.1, 0.15) is 0 Å². The number of hydrogen-bond donors (Lipinski definition) is 3. The molecule has 14 heavy (non-hydrogen) atoms. The van der Waals surface area contributed by atoms with Gasteiger partial charge in [0.25, 0.3) is 0 Å². The predicted molar refractivity (Wildman–Crippen MR) is 55.9 cm³/mol. The van der Waals surface area contributed by atoms with Gasteiger partial charge in [-0.15, -0.1) is 0 Å². The van der Waals surface area contributed by atoms with Crippen LogP contribution < -0.4 is 15.9 Å². The van der Waals surface area contributed by atoms with Gasteiger partial charge < -0.3 is 10.0 Å². The molecule has 0 bridgehead atoms. The van der Waals surface area contributed by atoms with Crippen molar-refractivity contribution in [2.75, 3.05) is 11.6 Å². The highest BCUT2D eigenvalue weighted by molar-refractivity contribution is 6.58. The van der Waals surface area contributed by atoms with Crippen molar-refractivity contribution in [2.24, 2.45) is 0 Å². The van der Waals surface area contributed by atoms with Crippen LogP contribution >= 0.6 is 0 Å². The maximum absolute atomic E-state index is 8.99. The molecule has 72 valence electrons. The van der Waals surface area contributed by atoms with Crippen LogP contribution in [0.25, 0.3) is 0 Å². The van der Waals surface area contributed by atoms with Crippen molar-refractivity contribution in [1.82, 2.24) is 5.43 Å². The molecule has 3 N–H and O–H groups in total. The van der Waals surface area contributed by atoms with Crippen LogP contribution in [0.3, 0.4) is 0 Å². The number of anilines is 1. The standard InChI is InChI=1S/C9H11BN2O2/c13-10(14)8-3-1-4-9(7-8)12-6-2-5-11-12/h1-4,6-7,11,13-14H,5H2. The Labute approximate surface area is 82.6 Å². The smallest absolute Gasteiger partial charge is 0.423 e. The maximum Gasteiger partial charge on any atom is 0.488 e. The summed E-state index contributed by atoms with van der Waals surface area (Å²) in [6.07, 6.45) is 3.89. The second-order valence-corrected chi connectivity index (χ2v) is 3.09. The first-order valence-electron chi connectivity index (χ1n) is 4.43. The second-order valence-electron chi connectivity index (χ2n) is 3.09. The van der Waals surface area contributed by atoms with Gasteiger partial charge in [-0.2, -0.15) is 0 Å². The minimum absolute atomic E-state index is 0.490. The van der Waals surface area contributed by atoms with Gasteiger partial charge >= 0.3 is 7.12 Å².